The van der Waals surface area contributed by atoms with Crippen LogP contribution in [-0.2, 0) is 16.9 Å². The molecular formula is C21H19F2N3O4. The fourth-order valence-corrected chi connectivity index (χ4v) is 2.91. The van der Waals surface area contributed by atoms with E-state index in [1.54, 1.807) is 24.3 Å². The van der Waals surface area contributed by atoms with Gasteiger partial charge in [0.1, 0.15) is 42.8 Å². The summed E-state index contributed by atoms with van der Waals surface area (Å²) < 4.78 is 40.2. The van der Waals surface area contributed by atoms with E-state index in [0.717, 1.165) is 12.1 Å². The summed E-state index contributed by atoms with van der Waals surface area (Å²) in [5.41, 5.74) is -1.33. The van der Waals surface area contributed by atoms with Gasteiger partial charge in [0.25, 0.3) is 0 Å². The molecule has 1 atom stereocenters. The van der Waals surface area contributed by atoms with Crippen LogP contribution in [-0.4, -0.2) is 39.9 Å². The number of aromatic nitrogens is 3. The number of nitrogens with zero attached hydrogens (tertiary/aromatic N) is 3. The number of allylic oxidation sites excluding steroid dienone is 1. The molecule has 0 aliphatic carbocycles. The Bertz CT molecular complexity index is 1040. The largest absolute Gasteiger partial charge is 0.493 e. The van der Waals surface area contributed by atoms with Crippen molar-refractivity contribution >= 4 is 12.4 Å². The van der Waals surface area contributed by atoms with E-state index in [0.29, 0.717) is 29.4 Å². The highest BCUT2D eigenvalue weighted by atomic mass is 19.1. The Balaban J connectivity index is 1.90. The minimum absolute atomic E-state index is 0.149. The van der Waals surface area contributed by atoms with E-state index in [1.807, 2.05) is 0 Å². The molecule has 1 heterocycles. The highest BCUT2D eigenvalue weighted by Gasteiger charge is 2.35. The van der Waals surface area contributed by atoms with E-state index in [2.05, 4.69) is 10.1 Å². The molecule has 3 aromatic rings. The fraction of sp³-hybridized carbons (Fsp3) is 0.190. The van der Waals surface area contributed by atoms with Crippen LogP contribution < -0.4 is 9.47 Å². The van der Waals surface area contributed by atoms with Gasteiger partial charge in [0.2, 0.25) is 0 Å². The Morgan fingerprint density at radius 2 is 2.03 bits per heavy atom. The van der Waals surface area contributed by atoms with Crippen molar-refractivity contribution in [2.75, 3.05) is 13.7 Å². The van der Waals surface area contributed by atoms with Crippen LogP contribution in [0.15, 0.2) is 55.1 Å². The van der Waals surface area contributed by atoms with Crippen molar-refractivity contribution in [3.05, 3.63) is 77.9 Å². The summed E-state index contributed by atoms with van der Waals surface area (Å²) in [6.07, 6.45) is 6.22. The summed E-state index contributed by atoms with van der Waals surface area (Å²) in [5.74, 6) is -1.03. The zero-order valence-electron chi connectivity index (χ0n) is 16.0. The molecule has 0 saturated carbocycles. The van der Waals surface area contributed by atoms with Gasteiger partial charge in [-0.25, -0.2) is 18.4 Å². The van der Waals surface area contributed by atoms with E-state index >= 15 is 0 Å². The van der Waals surface area contributed by atoms with Gasteiger partial charge in [-0.1, -0.05) is 18.2 Å². The molecule has 1 aromatic heterocycles. The van der Waals surface area contributed by atoms with Crippen molar-refractivity contribution in [2.45, 2.75) is 12.1 Å². The third kappa shape index (κ3) is 4.87. The zero-order chi connectivity index (χ0) is 21.6. The topological polar surface area (TPSA) is 86.5 Å². The van der Waals surface area contributed by atoms with Crippen LogP contribution >= 0.6 is 0 Å². The molecule has 0 bridgehead atoms. The number of halogens is 2. The molecule has 2 aromatic carbocycles. The Kier molecular flexibility index (Phi) is 6.53. The Hall–Kier alpha value is -3.59. The van der Waals surface area contributed by atoms with Gasteiger partial charge < -0.3 is 14.6 Å². The van der Waals surface area contributed by atoms with Gasteiger partial charge in [0.15, 0.2) is 11.5 Å². The monoisotopic (exact) mass is 415 g/mol. The average Bonchev–Trinajstić information content (AvgIpc) is 3.23. The molecule has 3 rings (SSSR count). The average molecular weight is 415 g/mol. The van der Waals surface area contributed by atoms with Crippen molar-refractivity contribution in [3.63, 3.8) is 0 Å². The molecular weight excluding hydrogens is 396 g/mol. The number of ether oxygens (including phenoxy) is 2. The van der Waals surface area contributed by atoms with Crippen LogP contribution in [0.2, 0.25) is 0 Å². The van der Waals surface area contributed by atoms with E-state index in [-0.39, 0.29) is 18.7 Å². The third-order valence-electron chi connectivity index (χ3n) is 4.34. The van der Waals surface area contributed by atoms with Crippen molar-refractivity contribution in [1.29, 1.82) is 0 Å². The Morgan fingerprint density at radius 3 is 2.70 bits per heavy atom. The van der Waals surface area contributed by atoms with Crippen LogP contribution in [0.3, 0.4) is 0 Å². The van der Waals surface area contributed by atoms with Gasteiger partial charge in [-0.05, 0) is 29.8 Å². The predicted octanol–water partition coefficient (Wildman–Crippen LogP) is 2.74. The number of carbonyl (C=O) groups excluding carboxylic acids is 1. The molecule has 7 nitrogen and oxygen atoms in total. The summed E-state index contributed by atoms with van der Waals surface area (Å²) in [5, 5.41) is 15.2. The molecule has 0 fully saturated rings. The molecule has 1 N–H and O–H groups in total. The van der Waals surface area contributed by atoms with E-state index in [9.17, 15) is 18.7 Å². The SMILES string of the molecule is COc1cc(C=CC=O)ccc1OCC(O)(Cn1cncn1)c1ccc(F)cc1F. The lowest BCUT2D eigenvalue weighted by atomic mass is 9.94. The highest BCUT2D eigenvalue weighted by molar-refractivity contribution is 5.74. The Labute approximate surface area is 171 Å². The van der Waals surface area contributed by atoms with Crippen molar-refractivity contribution < 1.29 is 28.2 Å². The van der Waals surface area contributed by atoms with Gasteiger partial charge in [0.05, 0.1) is 13.7 Å². The van der Waals surface area contributed by atoms with Crippen LogP contribution in [0, 0.1) is 11.6 Å². The summed E-state index contributed by atoms with van der Waals surface area (Å²) in [6.45, 7) is -0.562. The summed E-state index contributed by atoms with van der Waals surface area (Å²) in [7, 11) is 1.44. The maximum absolute atomic E-state index is 14.5. The molecule has 0 saturated heterocycles. The van der Waals surface area contributed by atoms with Gasteiger partial charge in [-0.2, -0.15) is 5.10 Å². The minimum atomic E-state index is -1.88. The summed E-state index contributed by atoms with van der Waals surface area (Å²) >= 11 is 0. The number of hydrogen-bond acceptors (Lipinski definition) is 6. The van der Waals surface area contributed by atoms with Crippen molar-refractivity contribution in [3.8, 4) is 11.5 Å². The molecule has 30 heavy (non-hydrogen) atoms. The summed E-state index contributed by atoms with van der Waals surface area (Å²) in [4.78, 5) is 14.3. The first-order valence-corrected chi connectivity index (χ1v) is 8.88. The van der Waals surface area contributed by atoms with E-state index < -0.39 is 17.2 Å². The first kappa shape index (κ1) is 21.1. The van der Waals surface area contributed by atoms with Crippen LogP contribution in [0.25, 0.3) is 6.08 Å². The lowest BCUT2D eigenvalue weighted by Gasteiger charge is -2.29. The molecule has 0 radical (unpaired) electrons. The zero-order valence-corrected chi connectivity index (χ0v) is 16.0. The predicted molar refractivity (Wildman–Crippen MR) is 104 cm³/mol. The second kappa shape index (κ2) is 9.27. The van der Waals surface area contributed by atoms with E-state index in [4.69, 9.17) is 9.47 Å². The molecule has 9 heteroatoms. The number of methoxy groups -OCH3 is 1. The smallest absolute Gasteiger partial charge is 0.161 e. The van der Waals surface area contributed by atoms with Crippen LogP contribution in [0.5, 0.6) is 11.5 Å². The number of rotatable bonds is 9. The minimum Gasteiger partial charge on any atom is -0.493 e. The molecule has 0 amide bonds. The first-order valence-electron chi connectivity index (χ1n) is 8.88. The number of carbonyl (C=O) groups is 1. The number of hydrogen-bond donors (Lipinski definition) is 1. The maximum atomic E-state index is 14.5. The summed E-state index contributed by atoms with van der Waals surface area (Å²) in [6, 6.07) is 7.84. The molecule has 156 valence electrons. The maximum Gasteiger partial charge on any atom is 0.161 e. The Morgan fingerprint density at radius 1 is 1.20 bits per heavy atom. The first-order chi connectivity index (χ1) is 14.4. The van der Waals surface area contributed by atoms with Gasteiger partial charge >= 0.3 is 0 Å². The third-order valence-corrected chi connectivity index (χ3v) is 4.34. The number of aliphatic hydroxyl groups is 1. The number of benzene rings is 2. The van der Waals surface area contributed by atoms with Crippen molar-refractivity contribution in [2.24, 2.45) is 0 Å². The van der Waals surface area contributed by atoms with Gasteiger partial charge in [-0.15, -0.1) is 0 Å². The lowest BCUT2D eigenvalue weighted by Crippen LogP contribution is -2.39. The molecule has 0 spiro atoms. The highest BCUT2D eigenvalue weighted by Crippen LogP contribution is 2.32. The molecule has 1 unspecified atom stereocenters. The van der Waals surface area contributed by atoms with Gasteiger partial charge in [-0.3, -0.25) is 4.79 Å². The van der Waals surface area contributed by atoms with Crippen LogP contribution in [0.1, 0.15) is 11.1 Å². The quantitative estimate of drug-likeness (QED) is 0.427. The number of aldehydes is 1. The second-order valence-corrected chi connectivity index (χ2v) is 6.44. The normalized spacial score (nSPS) is 13.2. The van der Waals surface area contributed by atoms with E-state index in [1.165, 1.54) is 30.5 Å². The molecule has 0 aliphatic rings. The second-order valence-electron chi connectivity index (χ2n) is 6.44. The van der Waals surface area contributed by atoms with Crippen LogP contribution in [0.4, 0.5) is 8.78 Å². The molecule has 0 aliphatic heterocycles. The lowest BCUT2D eigenvalue weighted by molar-refractivity contribution is -0.104. The fourth-order valence-electron chi connectivity index (χ4n) is 2.91. The van der Waals surface area contributed by atoms with Gasteiger partial charge in [0, 0.05) is 11.6 Å². The van der Waals surface area contributed by atoms with Crippen molar-refractivity contribution in [1.82, 2.24) is 14.8 Å². The standard InChI is InChI=1S/C21H19F2N3O4/c1-29-20-9-15(3-2-8-27)4-7-19(20)30-12-21(28,11-26-14-24-13-25-26)17-6-5-16(22)10-18(17)23/h2-10,13-14,28H,11-12H2,1H3.